The number of benzene rings is 1. The van der Waals surface area contributed by atoms with Crippen LogP contribution in [0.5, 0.6) is 0 Å². The molecule has 122 valence electrons. The molecule has 1 aliphatic heterocycles. The van der Waals surface area contributed by atoms with Crippen LogP contribution in [0, 0.1) is 5.82 Å². The zero-order valence-corrected chi connectivity index (χ0v) is 13.5. The highest BCUT2D eigenvalue weighted by Gasteiger charge is 2.29. The van der Waals surface area contributed by atoms with Gasteiger partial charge >= 0.3 is 0 Å². The lowest BCUT2D eigenvalue weighted by Gasteiger charge is -2.19. The summed E-state index contributed by atoms with van der Waals surface area (Å²) in [6.45, 7) is 1.09. The van der Waals surface area contributed by atoms with Gasteiger partial charge in [0.2, 0.25) is 0 Å². The molecule has 1 aromatic carbocycles. The number of aromatic amines is 1. The van der Waals surface area contributed by atoms with Crippen LogP contribution in [-0.4, -0.2) is 33.7 Å². The minimum Gasteiger partial charge on any atom is -0.298 e. The molecule has 5 heteroatoms. The molecule has 1 atom stereocenters. The number of nitrogens with zero attached hydrogens (tertiary/aromatic N) is 3. The van der Waals surface area contributed by atoms with Crippen molar-refractivity contribution in [3.8, 4) is 22.4 Å². The Hall–Kier alpha value is -2.53. The molecule has 0 bridgehead atoms. The van der Waals surface area contributed by atoms with Gasteiger partial charge in [-0.3, -0.25) is 15.0 Å². The second-order valence-corrected chi connectivity index (χ2v) is 6.24. The number of hydrogen-bond donors (Lipinski definition) is 1. The first-order valence-corrected chi connectivity index (χ1v) is 8.19. The van der Waals surface area contributed by atoms with Crippen molar-refractivity contribution in [2.45, 2.75) is 18.9 Å². The smallest absolute Gasteiger partial charge is 0.123 e. The lowest BCUT2D eigenvalue weighted by Crippen LogP contribution is -2.18. The number of hydrogen-bond acceptors (Lipinski definition) is 3. The number of nitrogens with one attached hydrogen (secondary N) is 1. The van der Waals surface area contributed by atoms with E-state index >= 15 is 0 Å². The van der Waals surface area contributed by atoms with Crippen LogP contribution in [0.4, 0.5) is 4.39 Å². The zero-order chi connectivity index (χ0) is 16.5. The summed E-state index contributed by atoms with van der Waals surface area (Å²) in [6.07, 6.45) is 5.87. The van der Waals surface area contributed by atoms with E-state index in [0.29, 0.717) is 6.04 Å². The average molecular weight is 322 g/mol. The van der Waals surface area contributed by atoms with Crippen LogP contribution in [0.15, 0.2) is 48.8 Å². The Balaban J connectivity index is 1.88. The third-order valence-electron chi connectivity index (χ3n) is 4.73. The fraction of sp³-hybridized carbons (Fsp3) is 0.263. The van der Waals surface area contributed by atoms with Gasteiger partial charge in [0.05, 0.1) is 11.7 Å². The van der Waals surface area contributed by atoms with Crippen LogP contribution in [-0.2, 0) is 0 Å². The summed E-state index contributed by atoms with van der Waals surface area (Å²) in [5.41, 5.74) is 5.06. The number of H-pyrrole nitrogens is 1. The zero-order valence-electron chi connectivity index (χ0n) is 13.5. The topological polar surface area (TPSA) is 44.8 Å². The first kappa shape index (κ1) is 15.0. The highest BCUT2D eigenvalue weighted by Crippen LogP contribution is 2.40. The van der Waals surface area contributed by atoms with Crippen molar-refractivity contribution in [1.29, 1.82) is 0 Å². The molecule has 0 saturated carbocycles. The molecule has 0 aliphatic carbocycles. The number of rotatable bonds is 3. The van der Waals surface area contributed by atoms with E-state index < -0.39 is 0 Å². The molecule has 4 nitrogen and oxygen atoms in total. The maximum atomic E-state index is 13.3. The number of likely N-dealkylation sites (tertiary alicyclic amines) is 1. The molecular weight excluding hydrogens is 303 g/mol. The monoisotopic (exact) mass is 322 g/mol. The van der Waals surface area contributed by atoms with Gasteiger partial charge in [-0.05, 0) is 68.4 Å². The van der Waals surface area contributed by atoms with Crippen LogP contribution in [0.2, 0.25) is 0 Å². The highest BCUT2D eigenvalue weighted by atomic mass is 19.1. The predicted molar refractivity (Wildman–Crippen MR) is 91.8 cm³/mol. The molecule has 0 amide bonds. The van der Waals surface area contributed by atoms with E-state index in [4.69, 9.17) is 0 Å². The van der Waals surface area contributed by atoms with Gasteiger partial charge < -0.3 is 0 Å². The normalized spacial score (nSPS) is 18.2. The van der Waals surface area contributed by atoms with Crippen LogP contribution in [0.3, 0.4) is 0 Å². The SMILES string of the molecule is CN1CCC[C@H]1c1[nH]nc(-c2ccc(F)cc2)c1-c1ccncc1. The lowest BCUT2D eigenvalue weighted by atomic mass is 9.96. The van der Waals surface area contributed by atoms with Gasteiger partial charge in [0, 0.05) is 23.5 Å². The van der Waals surface area contributed by atoms with Crippen molar-refractivity contribution in [2.24, 2.45) is 0 Å². The minimum atomic E-state index is -0.240. The summed E-state index contributed by atoms with van der Waals surface area (Å²) in [5, 5.41) is 7.83. The summed E-state index contributed by atoms with van der Waals surface area (Å²) in [7, 11) is 2.15. The summed E-state index contributed by atoms with van der Waals surface area (Å²) in [5.74, 6) is -0.240. The molecule has 1 saturated heterocycles. The number of halogens is 1. The van der Waals surface area contributed by atoms with Gasteiger partial charge in [0.15, 0.2) is 0 Å². The number of aromatic nitrogens is 3. The number of pyridine rings is 1. The van der Waals surface area contributed by atoms with Gasteiger partial charge in [-0.1, -0.05) is 0 Å². The summed E-state index contributed by atoms with van der Waals surface area (Å²) in [6, 6.07) is 10.8. The Kier molecular flexibility index (Phi) is 3.86. The van der Waals surface area contributed by atoms with Crippen molar-refractivity contribution >= 4 is 0 Å². The quantitative estimate of drug-likeness (QED) is 0.791. The van der Waals surface area contributed by atoms with E-state index in [0.717, 1.165) is 41.0 Å². The van der Waals surface area contributed by atoms with Crippen LogP contribution in [0.25, 0.3) is 22.4 Å². The van der Waals surface area contributed by atoms with Gasteiger partial charge in [0.25, 0.3) is 0 Å². The van der Waals surface area contributed by atoms with E-state index in [-0.39, 0.29) is 5.82 Å². The van der Waals surface area contributed by atoms with Gasteiger partial charge in [-0.15, -0.1) is 0 Å². The first-order valence-electron chi connectivity index (χ1n) is 8.19. The molecule has 1 N–H and O–H groups in total. The Morgan fingerprint density at radius 3 is 2.50 bits per heavy atom. The van der Waals surface area contributed by atoms with E-state index in [9.17, 15) is 4.39 Å². The Labute approximate surface area is 140 Å². The molecule has 1 fully saturated rings. The summed E-state index contributed by atoms with van der Waals surface area (Å²) < 4.78 is 13.3. The Bertz CT molecular complexity index is 826. The van der Waals surface area contributed by atoms with Crippen LogP contribution in [0.1, 0.15) is 24.6 Å². The van der Waals surface area contributed by atoms with Crippen molar-refractivity contribution in [1.82, 2.24) is 20.1 Å². The van der Waals surface area contributed by atoms with Crippen molar-refractivity contribution < 1.29 is 4.39 Å². The fourth-order valence-electron chi connectivity index (χ4n) is 3.50. The maximum Gasteiger partial charge on any atom is 0.123 e. The minimum absolute atomic E-state index is 0.240. The van der Waals surface area contributed by atoms with Gasteiger partial charge in [-0.25, -0.2) is 4.39 Å². The molecule has 1 aliphatic rings. The van der Waals surface area contributed by atoms with Crippen LogP contribution >= 0.6 is 0 Å². The van der Waals surface area contributed by atoms with Crippen molar-refractivity contribution in [3.63, 3.8) is 0 Å². The third-order valence-corrected chi connectivity index (χ3v) is 4.73. The first-order chi connectivity index (χ1) is 11.7. The molecule has 3 aromatic rings. The highest BCUT2D eigenvalue weighted by molar-refractivity contribution is 5.82. The molecule has 0 radical (unpaired) electrons. The van der Waals surface area contributed by atoms with Crippen molar-refractivity contribution in [2.75, 3.05) is 13.6 Å². The third kappa shape index (κ3) is 2.61. The van der Waals surface area contributed by atoms with E-state index in [1.165, 1.54) is 18.6 Å². The van der Waals surface area contributed by atoms with E-state index in [1.807, 2.05) is 12.1 Å². The van der Waals surface area contributed by atoms with Gasteiger partial charge in [-0.2, -0.15) is 5.10 Å². The molecule has 0 spiro atoms. The molecular formula is C19H19FN4. The lowest BCUT2D eigenvalue weighted by molar-refractivity contribution is 0.312. The fourth-order valence-corrected chi connectivity index (χ4v) is 3.50. The van der Waals surface area contributed by atoms with E-state index in [2.05, 4.69) is 27.1 Å². The molecule has 2 aromatic heterocycles. The van der Waals surface area contributed by atoms with Gasteiger partial charge in [0.1, 0.15) is 11.5 Å². The Morgan fingerprint density at radius 1 is 1.08 bits per heavy atom. The molecule has 0 unspecified atom stereocenters. The van der Waals surface area contributed by atoms with Crippen molar-refractivity contribution in [3.05, 3.63) is 60.3 Å². The second-order valence-electron chi connectivity index (χ2n) is 6.24. The second kappa shape index (κ2) is 6.17. The largest absolute Gasteiger partial charge is 0.298 e. The predicted octanol–water partition coefficient (Wildman–Crippen LogP) is 4.04. The summed E-state index contributed by atoms with van der Waals surface area (Å²) in [4.78, 5) is 6.47. The molecule has 4 rings (SSSR count). The average Bonchev–Trinajstić information content (AvgIpc) is 3.22. The Morgan fingerprint density at radius 2 is 1.83 bits per heavy atom. The van der Waals surface area contributed by atoms with Crippen LogP contribution < -0.4 is 0 Å². The molecule has 24 heavy (non-hydrogen) atoms. The van der Waals surface area contributed by atoms with E-state index in [1.54, 1.807) is 24.5 Å². The molecule has 3 heterocycles. The summed E-state index contributed by atoms with van der Waals surface area (Å²) >= 11 is 0. The maximum absolute atomic E-state index is 13.3. The standard InChI is InChI=1S/C19H19FN4/c1-24-12-2-3-16(24)19-17(13-8-10-21-11-9-13)18(22-23-19)14-4-6-15(20)7-5-14/h4-11,16H,2-3,12H2,1H3,(H,22,23)/t16-/m0/s1.